The highest BCUT2D eigenvalue weighted by molar-refractivity contribution is 9.10. The summed E-state index contributed by atoms with van der Waals surface area (Å²) in [6.07, 6.45) is 7.32. The highest BCUT2D eigenvalue weighted by Crippen LogP contribution is 2.48. The van der Waals surface area contributed by atoms with Crippen LogP contribution in [0.25, 0.3) is 44.4 Å². The number of aryl methyl sites for hydroxylation is 4. The minimum atomic E-state index is 0.887. The second kappa shape index (κ2) is 17.7. The van der Waals surface area contributed by atoms with Gasteiger partial charge in [-0.05, 0) is 157 Å². The Morgan fingerprint density at radius 3 is 1.12 bits per heavy atom. The van der Waals surface area contributed by atoms with Gasteiger partial charge in [0.25, 0.3) is 0 Å². The van der Waals surface area contributed by atoms with Crippen LogP contribution in [0.5, 0.6) is 0 Å². The molecule has 0 atom stereocenters. The van der Waals surface area contributed by atoms with Gasteiger partial charge in [0.15, 0.2) is 0 Å². The topological polar surface area (TPSA) is 57.4 Å². The summed E-state index contributed by atoms with van der Waals surface area (Å²) in [5, 5.41) is 0. The summed E-state index contributed by atoms with van der Waals surface area (Å²) < 4.78 is 2.15. The highest BCUT2D eigenvalue weighted by Gasteiger charge is 2.28. The molecule has 0 aliphatic carbocycles. The Bertz CT molecular complexity index is 2350. The monoisotopic (exact) mass is 906 g/mol. The number of aromatic nitrogens is 4. The molecular formula is C48H52Br2N4S2. The number of rotatable bonds is 12. The molecule has 5 heterocycles. The molecule has 2 N–H and O–H groups in total. The minimum absolute atomic E-state index is 0.887. The van der Waals surface area contributed by atoms with Crippen LogP contribution in [-0.4, -0.2) is 19.9 Å². The van der Waals surface area contributed by atoms with Crippen LogP contribution in [0.2, 0.25) is 0 Å². The van der Waals surface area contributed by atoms with Gasteiger partial charge in [0.05, 0.1) is 43.6 Å². The molecule has 8 heteroatoms. The lowest BCUT2D eigenvalue weighted by atomic mass is 9.98. The predicted octanol–water partition coefficient (Wildman–Crippen LogP) is 15.9. The second-order valence-electron chi connectivity index (χ2n) is 14.2. The standard InChI is InChI=1S/C48H52Br2N4S2/c1-9-31-32(10-2)40-26-42-34(12-4)36(14-6)44(53-42)48(56-30-23-19-28(50)20-24-30)46-38(16-8)37(15-7)45(54-46)47(55-29-21-17-27(49)18-22-29)43-35(13-5)33(11-3)41(52-43)25-39(31)51-40/h17-26,52-53H,9-16H2,1-8H3. The lowest BCUT2D eigenvalue weighted by molar-refractivity contribution is 1.06. The Hall–Kier alpha value is -3.30. The summed E-state index contributed by atoms with van der Waals surface area (Å²) in [7, 11) is 0. The van der Waals surface area contributed by atoms with Gasteiger partial charge in [0, 0.05) is 29.8 Å². The number of hydrogen-bond acceptors (Lipinski definition) is 4. The molecule has 5 aromatic rings. The molecule has 56 heavy (non-hydrogen) atoms. The normalized spacial score (nSPS) is 13.0. The van der Waals surface area contributed by atoms with E-state index in [1.807, 2.05) is 23.5 Å². The molecule has 0 amide bonds. The Morgan fingerprint density at radius 2 is 0.804 bits per heavy atom. The van der Waals surface area contributed by atoms with Gasteiger partial charge in [-0.2, -0.15) is 0 Å². The Balaban J connectivity index is 1.76. The molecule has 7 rings (SSSR count). The van der Waals surface area contributed by atoms with Crippen LogP contribution in [0.4, 0.5) is 0 Å². The first-order valence-corrected chi connectivity index (χ1v) is 23.6. The van der Waals surface area contributed by atoms with Gasteiger partial charge in [-0.3, -0.25) is 0 Å². The van der Waals surface area contributed by atoms with Crippen LogP contribution in [-0.2, 0) is 25.7 Å². The first-order valence-electron chi connectivity index (χ1n) is 20.4. The molecule has 0 unspecified atom stereocenters. The average molecular weight is 909 g/mol. The summed E-state index contributed by atoms with van der Waals surface area (Å²) in [6, 6.07) is 22.1. The quantitative estimate of drug-likeness (QED) is 0.131. The van der Waals surface area contributed by atoms with Crippen molar-refractivity contribution in [2.75, 3.05) is 0 Å². The maximum absolute atomic E-state index is 5.86. The number of hydrogen-bond donors (Lipinski definition) is 2. The first-order chi connectivity index (χ1) is 27.2. The number of benzene rings is 2. The van der Waals surface area contributed by atoms with Crippen molar-refractivity contribution < 1.29 is 0 Å². The van der Waals surface area contributed by atoms with Crippen molar-refractivity contribution in [2.45, 2.75) is 126 Å². The zero-order chi connectivity index (χ0) is 39.7. The van der Waals surface area contributed by atoms with E-state index in [1.54, 1.807) is 0 Å². The minimum Gasteiger partial charge on any atom is -0.354 e. The van der Waals surface area contributed by atoms with E-state index in [0.717, 1.165) is 94.1 Å². The van der Waals surface area contributed by atoms with E-state index in [2.05, 4.69) is 158 Å². The molecule has 2 aliphatic heterocycles. The van der Waals surface area contributed by atoms with Crippen LogP contribution in [0.1, 0.15) is 126 Å². The van der Waals surface area contributed by atoms with Crippen molar-refractivity contribution in [1.29, 1.82) is 0 Å². The highest BCUT2D eigenvalue weighted by atomic mass is 79.9. The molecule has 2 aromatic carbocycles. The third-order valence-electron chi connectivity index (χ3n) is 11.2. The number of halogens is 2. The molecule has 0 radical (unpaired) electrons. The fraction of sp³-hybridized carbons (Fsp3) is 0.333. The van der Waals surface area contributed by atoms with Gasteiger partial charge < -0.3 is 9.97 Å². The number of allylic oxidation sites excluding steroid dienone is 4. The third-order valence-corrected chi connectivity index (χ3v) is 14.5. The fourth-order valence-electron chi connectivity index (χ4n) is 8.64. The third kappa shape index (κ3) is 7.56. The Kier molecular flexibility index (Phi) is 12.9. The number of nitrogens with zero attached hydrogens (tertiary/aromatic N) is 2. The van der Waals surface area contributed by atoms with Crippen molar-refractivity contribution >= 4 is 99.7 Å². The van der Waals surface area contributed by atoms with Crippen LogP contribution in [0.3, 0.4) is 0 Å². The summed E-state index contributed by atoms with van der Waals surface area (Å²) in [4.78, 5) is 24.2. The summed E-state index contributed by atoms with van der Waals surface area (Å²) in [6.45, 7) is 18.3. The van der Waals surface area contributed by atoms with Gasteiger partial charge in [0.2, 0.25) is 0 Å². The molecular weight excluding hydrogens is 856 g/mol. The van der Waals surface area contributed by atoms with E-state index in [-0.39, 0.29) is 0 Å². The van der Waals surface area contributed by atoms with Gasteiger partial charge in [-0.25, -0.2) is 9.97 Å². The van der Waals surface area contributed by atoms with Crippen molar-refractivity contribution in [3.63, 3.8) is 0 Å². The summed E-state index contributed by atoms with van der Waals surface area (Å²) in [5.74, 6) is 0. The summed E-state index contributed by atoms with van der Waals surface area (Å²) in [5.41, 5.74) is 19.8. The molecule has 0 saturated heterocycles. The summed E-state index contributed by atoms with van der Waals surface area (Å²) >= 11 is 11.0. The van der Waals surface area contributed by atoms with Crippen LogP contribution in [0, 0.1) is 0 Å². The largest absolute Gasteiger partial charge is 0.354 e. The van der Waals surface area contributed by atoms with Crippen molar-refractivity contribution in [2.24, 2.45) is 0 Å². The lowest BCUT2D eigenvalue weighted by Gasteiger charge is -2.11. The van der Waals surface area contributed by atoms with E-state index in [1.165, 1.54) is 75.2 Å². The molecule has 2 aliphatic rings. The van der Waals surface area contributed by atoms with Crippen LogP contribution >= 0.6 is 55.4 Å². The van der Waals surface area contributed by atoms with E-state index in [9.17, 15) is 0 Å². The maximum atomic E-state index is 5.86. The molecule has 0 saturated carbocycles. The van der Waals surface area contributed by atoms with E-state index in [4.69, 9.17) is 9.97 Å². The fourth-order valence-corrected chi connectivity index (χ4v) is 11.3. The van der Waals surface area contributed by atoms with Crippen LogP contribution < -0.4 is 0 Å². The van der Waals surface area contributed by atoms with Crippen molar-refractivity contribution in [3.8, 4) is 0 Å². The number of H-pyrrole nitrogens is 2. The van der Waals surface area contributed by atoms with Crippen molar-refractivity contribution in [1.82, 2.24) is 19.9 Å². The Morgan fingerprint density at radius 1 is 0.446 bits per heavy atom. The van der Waals surface area contributed by atoms with Gasteiger partial charge >= 0.3 is 0 Å². The average Bonchev–Trinajstić information content (AvgIpc) is 3.96. The molecule has 3 aromatic heterocycles. The molecule has 0 fully saturated rings. The van der Waals surface area contributed by atoms with E-state index in [0.29, 0.717) is 0 Å². The van der Waals surface area contributed by atoms with E-state index < -0.39 is 0 Å². The van der Waals surface area contributed by atoms with Crippen molar-refractivity contribution in [3.05, 3.63) is 115 Å². The van der Waals surface area contributed by atoms with Gasteiger partial charge in [-0.1, -0.05) is 111 Å². The zero-order valence-electron chi connectivity index (χ0n) is 33.9. The first kappa shape index (κ1) is 40.9. The Labute approximate surface area is 358 Å². The zero-order valence-corrected chi connectivity index (χ0v) is 38.7. The number of nitrogens with one attached hydrogen (secondary N) is 2. The molecule has 4 nitrogen and oxygen atoms in total. The SMILES string of the molecule is CCC1=C(CC)c2cc3[nH]c(c(CC)c3CC)c(Sc3ccc(Br)cc3)c3nc(c(Sc4ccc(Br)cc4)c4[nH]c(cc1n2)c(CC)c4CC)C(CC)=C3CC. The molecule has 0 spiro atoms. The predicted molar refractivity (Wildman–Crippen MR) is 250 cm³/mol. The van der Waals surface area contributed by atoms with Gasteiger partial charge in [0.1, 0.15) is 0 Å². The smallest absolute Gasteiger partial charge is 0.0833 e. The lowest BCUT2D eigenvalue weighted by Crippen LogP contribution is -1.92. The second-order valence-corrected chi connectivity index (χ2v) is 18.2. The van der Waals surface area contributed by atoms with Crippen LogP contribution in [0.15, 0.2) is 89.2 Å². The number of fused-ring (bicyclic) bond motifs is 8. The van der Waals surface area contributed by atoms with E-state index >= 15 is 0 Å². The number of aromatic amines is 2. The maximum Gasteiger partial charge on any atom is 0.0833 e. The molecule has 290 valence electrons. The molecule has 8 bridgehead atoms. The van der Waals surface area contributed by atoms with Gasteiger partial charge in [-0.15, -0.1) is 0 Å².